The number of amides is 2. The lowest BCUT2D eigenvalue weighted by Gasteiger charge is -2.17. The zero-order chi connectivity index (χ0) is 19.6. The summed E-state index contributed by atoms with van der Waals surface area (Å²) in [7, 11) is 5.08. The van der Waals surface area contributed by atoms with Crippen LogP contribution in [0.25, 0.3) is 11.0 Å². The summed E-state index contributed by atoms with van der Waals surface area (Å²) < 4.78 is 11.1. The first kappa shape index (κ1) is 18.6. The molecule has 0 aliphatic heterocycles. The number of hydrogen-bond acceptors (Lipinski definition) is 7. The zero-order valence-corrected chi connectivity index (χ0v) is 15.9. The minimum Gasteiger partial charge on any atom is -0.465 e. The summed E-state index contributed by atoms with van der Waals surface area (Å²) in [6, 6.07) is 11.3. The number of urea groups is 1. The fourth-order valence-electron chi connectivity index (χ4n) is 2.56. The van der Waals surface area contributed by atoms with E-state index in [2.05, 4.69) is 28.0 Å². The number of rotatable bonds is 4. The predicted octanol–water partition coefficient (Wildman–Crippen LogP) is 3.56. The molecule has 140 valence electrons. The van der Waals surface area contributed by atoms with E-state index in [1.165, 1.54) is 7.11 Å². The first-order valence-electron chi connectivity index (χ1n) is 7.96. The van der Waals surface area contributed by atoms with Gasteiger partial charge < -0.3 is 14.2 Å². The number of hydrogen-bond donors (Lipinski definition) is 2. The molecular formula is C18H18N4O4S. The minimum absolute atomic E-state index is 0.296. The Hall–Kier alpha value is -3.20. The third kappa shape index (κ3) is 3.68. The number of carbonyl (C=O) groups excluding carboxylic acids is 2. The van der Waals surface area contributed by atoms with E-state index in [0.29, 0.717) is 28.0 Å². The van der Waals surface area contributed by atoms with Crippen LogP contribution in [0.5, 0.6) is 0 Å². The van der Waals surface area contributed by atoms with Crippen molar-refractivity contribution in [1.82, 2.24) is 5.16 Å². The Morgan fingerprint density at radius 3 is 2.48 bits per heavy atom. The number of aromatic nitrogens is 1. The summed E-state index contributed by atoms with van der Waals surface area (Å²) in [6.07, 6.45) is 0. The Kier molecular flexibility index (Phi) is 5.22. The van der Waals surface area contributed by atoms with Crippen molar-refractivity contribution < 1.29 is 18.8 Å². The van der Waals surface area contributed by atoms with Crippen LogP contribution in [-0.4, -0.2) is 38.4 Å². The summed E-state index contributed by atoms with van der Waals surface area (Å²) in [5.41, 5.74) is 2.27. The topological polar surface area (TPSA) is 87.9 Å². The van der Waals surface area contributed by atoms with Crippen LogP contribution >= 0.6 is 12.8 Å². The Bertz CT molecular complexity index is 985. The van der Waals surface area contributed by atoms with Crippen LogP contribution in [0, 0.1) is 0 Å². The van der Waals surface area contributed by atoms with Crippen LogP contribution in [0.1, 0.15) is 10.4 Å². The third-order valence-corrected chi connectivity index (χ3v) is 4.32. The lowest BCUT2D eigenvalue weighted by molar-refractivity contribution is 0.0600. The molecule has 0 radical (unpaired) electrons. The van der Waals surface area contributed by atoms with Crippen LogP contribution in [0.15, 0.2) is 47.0 Å². The maximum atomic E-state index is 12.6. The highest BCUT2D eigenvalue weighted by Crippen LogP contribution is 2.32. The molecule has 1 N–H and O–H groups in total. The first-order chi connectivity index (χ1) is 12.9. The molecule has 9 heteroatoms. The van der Waals surface area contributed by atoms with Gasteiger partial charge >= 0.3 is 12.0 Å². The van der Waals surface area contributed by atoms with Gasteiger partial charge in [-0.05, 0) is 36.4 Å². The van der Waals surface area contributed by atoms with Gasteiger partial charge in [0, 0.05) is 14.1 Å². The van der Waals surface area contributed by atoms with Crippen LogP contribution in [0.4, 0.5) is 22.0 Å². The molecule has 27 heavy (non-hydrogen) atoms. The summed E-state index contributed by atoms with van der Waals surface area (Å²) in [4.78, 5) is 26.0. The lowest BCUT2D eigenvalue weighted by atomic mass is 10.2. The van der Waals surface area contributed by atoms with Gasteiger partial charge in [-0.3, -0.25) is 5.32 Å². The summed E-state index contributed by atoms with van der Waals surface area (Å²) in [5, 5.41) is 7.33. The molecule has 3 rings (SSSR count). The number of thiol groups is 1. The smallest absolute Gasteiger partial charge is 0.337 e. The molecule has 2 amide bonds. The lowest BCUT2D eigenvalue weighted by Crippen LogP contribution is -2.27. The molecule has 0 fully saturated rings. The van der Waals surface area contributed by atoms with Crippen molar-refractivity contribution in [1.29, 1.82) is 0 Å². The van der Waals surface area contributed by atoms with Crippen LogP contribution in [-0.2, 0) is 4.74 Å². The number of benzene rings is 2. The molecule has 8 nitrogen and oxygen atoms in total. The zero-order valence-electron chi connectivity index (χ0n) is 15.0. The molecule has 0 unspecified atom stereocenters. The Morgan fingerprint density at radius 2 is 1.85 bits per heavy atom. The van der Waals surface area contributed by atoms with Crippen molar-refractivity contribution in [2.75, 3.05) is 35.7 Å². The van der Waals surface area contributed by atoms with Crippen LogP contribution in [0.3, 0.4) is 0 Å². The minimum atomic E-state index is -0.520. The van der Waals surface area contributed by atoms with Gasteiger partial charge in [0.2, 0.25) is 0 Å². The maximum absolute atomic E-state index is 12.6. The molecule has 1 heterocycles. The number of nitrogens with one attached hydrogen (secondary N) is 1. The van der Waals surface area contributed by atoms with E-state index >= 15 is 0 Å². The molecular weight excluding hydrogens is 368 g/mol. The molecule has 1 aromatic heterocycles. The van der Waals surface area contributed by atoms with E-state index in [1.54, 1.807) is 30.3 Å². The average molecular weight is 386 g/mol. The van der Waals surface area contributed by atoms with Crippen molar-refractivity contribution >= 4 is 53.0 Å². The van der Waals surface area contributed by atoms with Crippen molar-refractivity contribution in [2.24, 2.45) is 0 Å². The molecule has 0 atom stereocenters. The van der Waals surface area contributed by atoms with Crippen molar-refractivity contribution in [3.05, 3.63) is 48.0 Å². The third-order valence-electron chi connectivity index (χ3n) is 3.91. The van der Waals surface area contributed by atoms with Crippen molar-refractivity contribution in [3.63, 3.8) is 0 Å². The number of methoxy groups -OCH3 is 1. The van der Waals surface area contributed by atoms with E-state index in [0.717, 1.165) is 9.99 Å². The number of carbonyl (C=O) groups is 2. The summed E-state index contributed by atoms with van der Waals surface area (Å²) >= 11 is 4.23. The van der Waals surface area contributed by atoms with E-state index in [1.807, 2.05) is 31.1 Å². The first-order valence-corrected chi connectivity index (χ1v) is 8.36. The van der Waals surface area contributed by atoms with E-state index in [9.17, 15) is 9.59 Å². The molecule has 0 spiro atoms. The highest BCUT2D eigenvalue weighted by Gasteiger charge is 2.19. The molecule has 3 aromatic rings. The number of nitrogens with zero attached hydrogens (tertiary/aromatic N) is 3. The van der Waals surface area contributed by atoms with Crippen LogP contribution < -0.4 is 14.5 Å². The maximum Gasteiger partial charge on any atom is 0.337 e. The number of fused-ring (bicyclic) bond motifs is 1. The average Bonchev–Trinajstić information content (AvgIpc) is 3.09. The van der Waals surface area contributed by atoms with Gasteiger partial charge in [0.15, 0.2) is 11.4 Å². The van der Waals surface area contributed by atoms with E-state index in [4.69, 9.17) is 4.52 Å². The van der Waals surface area contributed by atoms with Gasteiger partial charge in [-0.1, -0.05) is 24.0 Å². The van der Waals surface area contributed by atoms with Gasteiger partial charge in [0.05, 0.1) is 29.4 Å². The monoisotopic (exact) mass is 386 g/mol. The molecule has 0 saturated heterocycles. The quantitative estimate of drug-likeness (QED) is 0.527. The highest BCUT2D eigenvalue weighted by atomic mass is 32.1. The van der Waals surface area contributed by atoms with E-state index < -0.39 is 12.0 Å². The molecule has 0 bridgehead atoms. The Labute approximate surface area is 161 Å². The molecule has 0 saturated carbocycles. The van der Waals surface area contributed by atoms with Crippen molar-refractivity contribution in [2.45, 2.75) is 0 Å². The second-order valence-electron chi connectivity index (χ2n) is 5.86. The summed E-state index contributed by atoms with van der Waals surface area (Å²) in [5.74, 6) is -0.161. The van der Waals surface area contributed by atoms with Gasteiger partial charge in [0.1, 0.15) is 0 Å². The Morgan fingerprint density at radius 1 is 1.15 bits per heavy atom. The summed E-state index contributed by atoms with van der Waals surface area (Å²) in [6.45, 7) is 0. The Balaban J connectivity index is 1.83. The SMILES string of the molecule is COC(=O)c1ccc(N(S)C(=O)Nc2noc3cccc(N(C)C)c23)cc1. The second-order valence-corrected chi connectivity index (χ2v) is 6.26. The normalized spacial score (nSPS) is 10.5. The predicted molar refractivity (Wildman–Crippen MR) is 107 cm³/mol. The standard InChI is InChI=1S/C18H18N4O4S/c1-21(2)13-5-4-6-14-15(13)16(20-26-14)19-18(24)22(27)12-9-7-11(8-10-12)17(23)25-3/h4-10,27H,1-3H3,(H,19,20,24). The molecule has 2 aromatic carbocycles. The molecule has 0 aliphatic rings. The fourth-order valence-corrected chi connectivity index (χ4v) is 2.74. The second kappa shape index (κ2) is 7.58. The van der Waals surface area contributed by atoms with Crippen molar-refractivity contribution in [3.8, 4) is 0 Å². The number of anilines is 3. The number of ether oxygens (including phenoxy) is 1. The van der Waals surface area contributed by atoms with Gasteiger partial charge in [-0.25, -0.2) is 13.9 Å². The number of esters is 1. The van der Waals surface area contributed by atoms with Gasteiger partial charge in [0.25, 0.3) is 0 Å². The highest BCUT2D eigenvalue weighted by molar-refractivity contribution is 7.82. The van der Waals surface area contributed by atoms with Gasteiger partial charge in [-0.2, -0.15) is 0 Å². The molecule has 0 aliphatic carbocycles. The van der Waals surface area contributed by atoms with E-state index in [-0.39, 0.29) is 0 Å². The van der Waals surface area contributed by atoms with Crippen LogP contribution in [0.2, 0.25) is 0 Å². The largest absolute Gasteiger partial charge is 0.465 e. The van der Waals surface area contributed by atoms with Gasteiger partial charge in [-0.15, -0.1) is 0 Å². The fraction of sp³-hybridized carbons (Fsp3) is 0.167.